The van der Waals surface area contributed by atoms with Crippen LogP contribution in [-0.4, -0.2) is 72.8 Å². The van der Waals surface area contributed by atoms with E-state index < -0.39 is 17.1 Å². The first kappa shape index (κ1) is 24.1. The molecular weight excluding hydrogens is 504 g/mol. The van der Waals surface area contributed by atoms with Crippen molar-refractivity contribution in [3.63, 3.8) is 0 Å². The highest BCUT2D eigenvalue weighted by molar-refractivity contribution is 9.10. The van der Waals surface area contributed by atoms with Crippen LogP contribution in [0.2, 0.25) is 0 Å². The number of ether oxygens (including phenoxy) is 3. The molecule has 3 amide bonds. The number of halogens is 1. The van der Waals surface area contributed by atoms with Gasteiger partial charge in [-0.2, -0.15) is 0 Å². The molecule has 0 aliphatic carbocycles. The topological polar surface area (TPSA) is 102 Å². The number of hydrogen-bond acceptors (Lipinski definition) is 8. The van der Waals surface area contributed by atoms with Crippen molar-refractivity contribution in [2.45, 2.75) is 19.8 Å². The van der Waals surface area contributed by atoms with Crippen LogP contribution in [0.25, 0.3) is 6.08 Å². The molecule has 1 aromatic rings. The number of imide groups is 1. The third-order valence-electron chi connectivity index (χ3n) is 4.82. The second-order valence-corrected chi connectivity index (χ2v) is 8.83. The minimum Gasteiger partial charge on any atom is -0.490 e. The molecular formula is C21H23BrN2O7S. The van der Waals surface area contributed by atoms with Crippen LogP contribution in [0.4, 0.5) is 4.79 Å². The summed E-state index contributed by atoms with van der Waals surface area (Å²) >= 11 is 4.18. The minimum absolute atomic E-state index is 0.210. The van der Waals surface area contributed by atoms with Crippen LogP contribution >= 0.6 is 27.7 Å². The number of esters is 1. The van der Waals surface area contributed by atoms with Gasteiger partial charge in [-0.25, -0.2) is 4.79 Å². The molecule has 2 fully saturated rings. The summed E-state index contributed by atoms with van der Waals surface area (Å²) < 4.78 is 16.2. The summed E-state index contributed by atoms with van der Waals surface area (Å²) in [6, 6.07) is 3.32. The molecule has 2 saturated heterocycles. The quantitative estimate of drug-likeness (QED) is 0.376. The molecule has 0 atom stereocenters. The van der Waals surface area contributed by atoms with E-state index in [9.17, 15) is 19.2 Å². The standard InChI is InChI=1S/C21H23BrN2O7S/c1-3-30-15-9-13(8-14(22)19(15)31-12-18(26)29-2)10-16-20(27)24(21(28)32-16)11-17(25)23-6-4-5-7-23/h8-10H,3-7,11-12H2,1-2H3. The molecule has 1 aromatic carbocycles. The molecule has 11 heteroatoms. The third kappa shape index (κ3) is 5.63. The Balaban J connectivity index is 1.79. The zero-order chi connectivity index (χ0) is 23.3. The summed E-state index contributed by atoms with van der Waals surface area (Å²) in [5.41, 5.74) is 0.585. The monoisotopic (exact) mass is 526 g/mol. The lowest BCUT2D eigenvalue weighted by Crippen LogP contribution is -2.40. The largest absolute Gasteiger partial charge is 0.490 e. The van der Waals surface area contributed by atoms with Gasteiger partial charge in [-0.1, -0.05) is 0 Å². The molecule has 0 radical (unpaired) electrons. The lowest BCUT2D eigenvalue weighted by Gasteiger charge is -2.18. The van der Waals surface area contributed by atoms with E-state index in [1.807, 2.05) is 0 Å². The average molecular weight is 527 g/mol. The van der Waals surface area contributed by atoms with Gasteiger partial charge in [-0.05, 0) is 71.2 Å². The van der Waals surface area contributed by atoms with E-state index in [1.165, 1.54) is 7.11 Å². The molecule has 9 nitrogen and oxygen atoms in total. The summed E-state index contributed by atoms with van der Waals surface area (Å²) in [5, 5.41) is -0.476. The molecule has 0 unspecified atom stereocenters. The summed E-state index contributed by atoms with van der Waals surface area (Å²) in [5.74, 6) is -0.591. The highest BCUT2D eigenvalue weighted by Gasteiger charge is 2.37. The van der Waals surface area contributed by atoms with Crippen LogP contribution in [0, 0.1) is 0 Å². The number of nitrogens with zero attached hydrogens (tertiary/aromatic N) is 2. The van der Waals surface area contributed by atoms with Crippen molar-refractivity contribution in [2.24, 2.45) is 0 Å². The maximum Gasteiger partial charge on any atom is 0.343 e. The molecule has 32 heavy (non-hydrogen) atoms. The molecule has 0 N–H and O–H groups in total. The summed E-state index contributed by atoms with van der Waals surface area (Å²) in [4.78, 5) is 51.8. The summed E-state index contributed by atoms with van der Waals surface area (Å²) in [6.45, 7) is 2.91. The molecule has 0 spiro atoms. The highest BCUT2D eigenvalue weighted by Crippen LogP contribution is 2.39. The van der Waals surface area contributed by atoms with E-state index in [2.05, 4.69) is 20.7 Å². The van der Waals surface area contributed by atoms with Gasteiger partial charge >= 0.3 is 5.97 Å². The van der Waals surface area contributed by atoms with Crippen molar-refractivity contribution in [3.05, 3.63) is 27.1 Å². The van der Waals surface area contributed by atoms with Crippen molar-refractivity contribution in [1.82, 2.24) is 9.80 Å². The van der Waals surface area contributed by atoms with E-state index in [-0.39, 0.29) is 24.0 Å². The van der Waals surface area contributed by atoms with Crippen molar-refractivity contribution in [2.75, 3.05) is 40.0 Å². The zero-order valence-corrected chi connectivity index (χ0v) is 20.1. The Bertz CT molecular complexity index is 960. The molecule has 2 heterocycles. The van der Waals surface area contributed by atoms with E-state index in [0.29, 0.717) is 41.2 Å². The normalized spacial score (nSPS) is 17.3. The van der Waals surface area contributed by atoms with Crippen LogP contribution in [0.15, 0.2) is 21.5 Å². The Morgan fingerprint density at radius 2 is 1.91 bits per heavy atom. The first-order valence-electron chi connectivity index (χ1n) is 10.0. The number of rotatable bonds is 8. The Morgan fingerprint density at radius 3 is 2.56 bits per heavy atom. The number of benzene rings is 1. The molecule has 0 aromatic heterocycles. The number of methoxy groups -OCH3 is 1. The Hall–Kier alpha value is -2.53. The Kier molecular flexibility index (Phi) is 8.19. The van der Waals surface area contributed by atoms with Crippen LogP contribution in [0.3, 0.4) is 0 Å². The Labute approximate surface area is 198 Å². The molecule has 3 rings (SSSR count). The number of thioether (sulfide) groups is 1. The number of carbonyl (C=O) groups is 4. The maximum atomic E-state index is 12.8. The fourth-order valence-corrected chi connectivity index (χ4v) is 4.67. The maximum absolute atomic E-state index is 12.8. The lowest BCUT2D eigenvalue weighted by atomic mass is 10.2. The molecule has 172 valence electrons. The van der Waals surface area contributed by atoms with Crippen molar-refractivity contribution in [1.29, 1.82) is 0 Å². The van der Waals surface area contributed by atoms with Gasteiger partial charge in [-0.15, -0.1) is 0 Å². The number of amides is 3. The van der Waals surface area contributed by atoms with Crippen molar-refractivity contribution < 1.29 is 33.4 Å². The second kappa shape index (κ2) is 10.9. The van der Waals surface area contributed by atoms with Gasteiger partial charge in [0.15, 0.2) is 18.1 Å². The predicted molar refractivity (Wildman–Crippen MR) is 121 cm³/mol. The average Bonchev–Trinajstić information content (AvgIpc) is 3.38. The van der Waals surface area contributed by atoms with Crippen LogP contribution in [0.1, 0.15) is 25.3 Å². The summed E-state index contributed by atoms with van der Waals surface area (Å²) in [7, 11) is 1.26. The SMILES string of the molecule is CCOc1cc(C=C2SC(=O)N(CC(=O)N3CCCC3)C2=O)cc(Br)c1OCC(=O)OC. The van der Waals surface area contributed by atoms with Crippen LogP contribution < -0.4 is 9.47 Å². The first-order chi connectivity index (χ1) is 15.3. The highest BCUT2D eigenvalue weighted by atomic mass is 79.9. The van der Waals surface area contributed by atoms with E-state index in [1.54, 1.807) is 30.0 Å². The molecule has 0 bridgehead atoms. The van der Waals surface area contributed by atoms with Crippen molar-refractivity contribution in [3.8, 4) is 11.5 Å². The lowest BCUT2D eigenvalue weighted by molar-refractivity contribution is -0.143. The zero-order valence-electron chi connectivity index (χ0n) is 17.7. The van der Waals surface area contributed by atoms with Crippen LogP contribution in [0.5, 0.6) is 11.5 Å². The van der Waals surface area contributed by atoms with Crippen LogP contribution in [-0.2, 0) is 19.1 Å². The van der Waals surface area contributed by atoms with Gasteiger partial charge in [0.25, 0.3) is 11.1 Å². The second-order valence-electron chi connectivity index (χ2n) is 6.98. The van der Waals surface area contributed by atoms with Crippen molar-refractivity contribution >= 4 is 56.8 Å². The fourth-order valence-electron chi connectivity index (χ4n) is 3.25. The minimum atomic E-state index is -0.541. The molecule has 0 saturated carbocycles. The van der Waals surface area contributed by atoms with Gasteiger partial charge < -0.3 is 19.1 Å². The summed E-state index contributed by atoms with van der Waals surface area (Å²) in [6.07, 6.45) is 3.43. The van der Waals surface area contributed by atoms with Gasteiger partial charge in [-0.3, -0.25) is 19.3 Å². The van der Waals surface area contributed by atoms with E-state index in [4.69, 9.17) is 9.47 Å². The van der Waals surface area contributed by atoms with Gasteiger partial charge in [0.2, 0.25) is 5.91 Å². The molecule has 2 aliphatic rings. The predicted octanol–water partition coefficient (Wildman–Crippen LogP) is 3.06. The van der Waals surface area contributed by atoms with Gasteiger partial charge in [0, 0.05) is 13.1 Å². The van der Waals surface area contributed by atoms with E-state index in [0.717, 1.165) is 29.5 Å². The van der Waals surface area contributed by atoms with E-state index >= 15 is 0 Å². The number of carbonyl (C=O) groups excluding carboxylic acids is 4. The van der Waals surface area contributed by atoms with Gasteiger partial charge in [0.05, 0.1) is 23.1 Å². The number of likely N-dealkylation sites (tertiary alicyclic amines) is 1. The Morgan fingerprint density at radius 1 is 1.19 bits per heavy atom. The fraction of sp³-hybridized carbons (Fsp3) is 0.429. The smallest absolute Gasteiger partial charge is 0.343 e. The first-order valence-corrected chi connectivity index (χ1v) is 11.6. The number of hydrogen-bond donors (Lipinski definition) is 0. The van der Waals surface area contributed by atoms with Gasteiger partial charge in [0.1, 0.15) is 6.54 Å². The third-order valence-corrected chi connectivity index (χ3v) is 6.31. The molecule has 2 aliphatic heterocycles.